The molecule has 1 N–H and O–H groups in total. The molecule has 2 heterocycles. The Hall–Kier alpha value is -2.53. The molecule has 4 rings (SSSR count). The Bertz CT molecular complexity index is 947. The molecular weight excluding hydrogens is 318 g/mol. The van der Waals surface area contributed by atoms with E-state index in [1.165, 1.54) is 0 Å². The number of carbonyl (C=O) groups is 1. The number of hydrogen-bond donors (Lipinski definition) is 1. The van der Waals surface area contributed by atoms with Gasteiger partial charge in [0, 0.05) is 17.5 Å². The second kappa shape index (κ2) is 4.99. The Balaban J connectivity index is 1.92. The molecular formula is C17H12ClNO4. The molecule has 5 nitrogen and oxygen atoms in total. The SMILES string of the molecule is Cc1ccccc1-c1noc2c(Cl)c3c(cc12)CC(C(=O)O)O3. The first-order valence-electron chi connectivity index (χ1n) is 7.12. The molecule has 6 heteroatoms. The van der Waals surface area contributed by atoms with E-state index < -0.39 is 12.1 Å². The van der Waals surface area contributed by atoms with Crippen LogP contribution in [0, 0.1) is 6.92 Å². The fourth-order valence-electron chi connectivity index (χ4n) is 2.91. The fourth-order valence-corrected chi connectivity index (χ4v) is 3.21. The van der Waals surface area contributed by atoms with E-state index >= 15 is 0 Å². The van der Waals surface area contributed by atoms with Gasteiger partial charge in [0.15, 0.2) is 11.7 Å². The lowest BCUT2D eigenvalue weighted by Crippen LogP contribution is -2.24. The average molecular weight is 330 g/mol. The maximum Gasteiger partial charge on any atom is 0.345 e. The number of aromatic nitrogens is 1. The van der Waals surface area contributed by atoms with Gasteiger partial charge in [0.25, 0.3) is 0 Å². The molecule has 0 spiro atoms. The third-order valence-electron chi connectivity index (χ3n) is 4.08. The van der Waals surface area contributed by atoms with Crippen LogP contribution in [0.3, 0.4) is 0 Å². The predicted molar refractivity (Wildman–Crippen MR) is 84.9 cm³/mol. The van der Waals surface area contributed by atoms with E-state index in [9.17, 15) is 4.79 Å². The zero-order chi connectivity index (χ0) is 16.1. The number of nitrogens with zero attached hydrogens (tertiary/aromatic N) is 1. The molecule has 0 radical (unpaired) electrons. The van der Waals surface area contributed by atoms with Crippen LogP contribution in [0.5, 0.6) is 5.75 Å². The second-order valence-electron chi connectivity index (χ2n) is 5.55. The van der Waals surface area contributed by atoms with Gasteiger partial charge in [0.1, 0.15) is 16.5 Å². The Morgan fingerprint density at radius 1 is 1.39 bits per heavy atom. The number of carboxylic acid groups (broad SMARTS) is 1. The molecule has 1 unspecified atom stereocenters. The lowest BCUT2D eigenvalue weighted by Gasteiger charge is -2.05. The number of benzene rings is 2. The average Bonchev–Trinajstić information content (AvgIpc) is 3.13. The van der Waals surface area contributed by atoms with Crippen molar-refractivity contribution in [3.05, 3.63) is 46.5 Å². The van der Waals surface area contributed by atoms with Crippen LogP contribution in [0.2, 0.25) is 5.02 Å². The van der Waals surface area contributed by atoms with E-state index in [-0.39, 0.29) is 11.4 Å². The number of carboxylic acids is 1. The topological polar surface area (TPSA) is 72.6 Å². The van der Waals surface area contributed by atoms with E-state index in [1.54, 1.807) is 0 Å². The summed E-state index contributed by atoms with van der Waals surface area (Å²) in [5.74, 6) is -0.634. The summed E-state index contributed by atoms with van der Waals surface area (Å²) >= 11 is 6.35. The summed E-state index contributed by atoms with van der Waals surface area (Å²) in [5.41, 5.74) is 3.89. The highest BCUT2D eigenvalue weighted by atomic mass is 35.5. The normalized spacial score (nSPS) is 16.3. The number of rotatable bonds is 2. The van der Waals surface area contributed by atoms with Crippen molar-refractivity contribution in [1.82, 2.24) is 5.16 Å². The van der Waals surface area contributed by atoms with Crippen molar-refractivity contribution in [2.24, 2.45) is 0 Å². The van der Waals surface area contributed by atoms with Crippen molar-refractivity contribution in [3.63, 3.8) is 0 Å². The van der Waals surface area contributed by atoms with E-state index in [0.29, 0.717) is 17.0 Å². The van der Waals surface area contributed by atoms with E-state index in [4.69, 9.17) is 26.0 Å². The van der Waals surface area contributed by atoms with Crippen molar-refractivity contribution >= 4 is 28.5 Å². The van der Waals surface area contributed by atoms with Gasteiger partial charge >= 0.3 is 5.97 Å². The van der Waals surface area contributed by atoms with Crippen LogP contribution >= 0.6 is 11.6 Å². The van der Waals surface area contributed by atoms with Crippen molar-refractivity contribution in [3.8, 4) is 17.0 Å². The first-order valence-corrected chi connectivity index (χ1v) is 7.50. The summed E-state index contributed by atoms with van der Waals surface area (Å²) in [7, 11) is 0. The zero-order valence-corrected chi connectivity index (χ0v) is 12.9. The van der Waals surface area contributed by atoms with Gasteiger partial charge in [0.2, 0.25) is 0 Å². The van der Waals surface area contributed by atoms with Crippen LogP contribution < -0.4 is 4.74 Å². The van der Waals surface area contributed by atoms with Crippen LogP contribution in [0.4, 0.5) is 0 Å². The predicted octanol–water partition coefficient (Wildman–Crippen LogP) is 3.84. The summed E-state index contributed by atoms with van der Waals surface area (Å²) in [6.45, 7) is 1.99. The van der Waals surface area contributed by atoms with E-state index in [1.807, 2.05) is 37.3 Å². The van der Waals surface area contributed by atoms with Crippen LogP contribution in [0.1, 0.15) is 11.1 Å². The standard InChI is InChI=1S/C17H12ClNO4/c1-8-4-2-3-5-10(8)14-11-6-9-7-12(17(20)21)22-15(9)13(18)16(11)23-19-14/h2-6,12H,7H2,1H3,(H,20,21). The van der Waals surface area contributed by atoms with Gasteiger partial charge in [-0.1, -0.05) is 41.0 Å². The summed E-state index contributed by atoms with van der Waals surface area (Å²) in [4.78, 5) is 11.1. The summed E-state index contributed by atoms with van der Waals surface area (Å²) in [5, 5.41) is 14.3. The number of fused-ring (bicyclic) bond motifs is 2. The highest BCUT2D eigenvalue weighted by molar-refractivity contribution is 6.37. The molecule has 0 bridgehead atoms. The Morgan fingerprint density at radius 3 is 2.91 bits per heavy atom. The summed E-state index contributed by atoms with van der Waals surface area (Å²) in [6.07, 6.45) is -0.637. The molecule has 1 aliphatic rings. The van der Waals surface area contributed by atoms with Gasteiger partial charge in [-0.25, -0.2) is 4.79 Å². The van der Waals surface area contributed by atoms with E-state index in [0.717, 1.165) is 22.1 Å². The van der Waals surface area contributed by atoms with Gasteiger partial charge in [-0.3, -0.25) is 0 Å². The molecule has 0 aliphatic carbocycles. The maximum absolute atomic E-state index is 11.1. The Labute approximate surface area is 136 Å². The van der Waals surface area contributed by atoms with Crippen molar-refractivity contribution < 1.29 is 19.2 Å². The molecule has 1 aliphatic heterocycles. The smallest absolute Gasteiger partial charge is 0.345 e. The lowest BCUT2D eigenvalue weighted by molar-refractivity contribution is -0.144. The third kappa shape index (κ3) is 2.08. The summed E-state index contributed by atoms with van der Waals surface area (Å²) in [6, 6.07) is 9.70. The molecule has 0 fully saturated rings. The van der Waals surface area contributed by atoms with Crippen LogP contribution in [0.15, 0.2) is 34.9 Å². The molecule has 1 aromatic heterocycles. The lowest BCUT2D eigenvalue weighted by atomic mass is 10.0. The van der Waals surface area contributed by atoms with Gasteiger partial charge in [-0.2, -0.15) is 0 Å². The van der Waals surface area contributed by atoms with Gasteiger partial charge in [-0.05, 0) is 18.6 Å². The minimum atomic E-state index is -1.01. The molecule has 3 aromatic rings. The van der Waals surface area contributed by atoms with Crippen molar-refractivity contribution in [2.45, 2.75) is 19.4 Å². The molecule has 116 valence electrons. The molecule has 23 heavy (non-hydrogen) atoms. The highest BCUT2D eigenvalue weighted by Crippen LogP contribution is 2.44. The van der Waals surface area contributed by atoms with Crippen LogP contribution in [-0.2, 0) is 11.2 Å². The number of ether oxygens (including phenoxy) is 1. The Morgan fingerprint density at radius 2 is 2.17 bits per heavy atom. The van der Waals surface area contributed by atoms with Crippen LogP contribution in [0.25, 0.3) is 22.2 Å². The minimum absolute atomic E-state index is 0.272. The number of aryl methyl sites for hydroxylation is 1. The molecule has 2 aromatic carbocycles. The number of halogens is 1. The van der Waals surface area contributed by atoms with Gasteiger partial charge < -0.3 is 14.4 Å². The summed E-state index contributed by atoms with van der Waals surface area (Å²) < 4.78 is 10.8. The van der Waals surface area contributed by atoms with Gasteiger partial charge in [-0.15, -0.1) is 0 Å². The molecule has 0 saturated carbocycles. The first kappa shape index (κ1) is 14.1. The maximum atomic E-state index is 11.1. The highest BCUT2D eigenvalue weighted by Gasteiger charge is 2.33. The number of hydrogen-bond acceptors (Lipinski definition) is 4. The van der Waals surface area contributed by atoms with Crippen molar-refractivity contribution in [2.75, 3.05) is 0 Å². The first-order chi connectivity index (χ1) is 11.1. The minimum Gasteiger partial charge on any atom is -0.478 e. The fraction of sp³-hybridized carbons (Fsp3) is 0.176. The van der Waals surface area contributed by atoms with E-state index in [2.05, 4.69) is 5.16 Å². The molecule has 1 atom stereocenters. The van der Waals surface area contributed by atoms with Gasteiger partial charge in [0.05, 0.1) is 5.39 Å². The molecule has 0 amide bonds. The second-order valence-corrected chi connectivity index (χ2v) is 5.93. The Kier molecular flexibility index (Phi) is 3.06. The van der Waals surface area contributed by atoms with Crippen LogP contribution in [-0.4, -0.2) is 22.3 Å². The third-order valence-corrected chi connectivity index (χ3v) is 4.42. The molecule has 0 saturated heterocycles. The van der Waals surface area contributed by atoms with Crippen molar-refractivity contribution in [1.29, 1.82) is 0 Å². The quantitative estimate of drug-likeness (QED) is 0.773. The largest absolute Gasteiger partial charge is 0.478 e. The zero-order valence-electron chi connectivity index (χ0n) is 12.2. The number of aliphatic carboxylic acids is 1. The monoisotopic (exact) mass is 329 g/mol.